The van der Waals surface area contributed by atoms with Crippen molar-refractivity contribution in [2.75, 3.05) is 0 Å². The second-order valence-corrected chi connectivity index (χ2v) is 16.1. The van der Waals surface area contributed by atoms with Crippen LogP contribution < -0.4 is 0 Å². The van der Waals surface area contributed by atoms with Gasteiger partial charge in [-0.1, -0.05) is 0 Å². The molecular weight excluding hydrogens is 205 g/mol. The van der Waals surface area contributed by atoms with E-state index in [9.17, 15) is 0 Å². The van der Waals surface area contributed by atoms with Gasteiger partial charge in [0.05, 0.1) is 0 Å². The SMILES string of the molecule is C[CH2][Ga]([CH2]C)[CH2]C.[CH3][Al]([CH3])[CH3]. The van der Waals surface area contributed by atoms with Gasteiger partial charge in [0.2, 0.25) is 0 Å². The van der Waals surface area contributed by atoms with Crippen molar-refractivity contribution < 1.29 is 0 Å². The van der Waals surface area contributed by atoms with Gasteiger partial charge >= 0.3 is 51.9 Å². The smallest absolute Gasteiger partial charge is 0.106 e. The second kappa shape index (κ2) is 11.2. The molecule has 0 aliphatic carbocycles. The fourth-order valence-electron chi connectivity index (χ4n) is 0.866. The van der Waals surface area contributed by atoms with Gasteiger partial charge in [-0.2, -0.15) is 0 Å². The summed E-state index contributed by atoms with van der Waals surface area (Å²) in [6.07, 6.45) is 0. The summed E-state index contributed by atoms with van der Waals surface area (Å²) in [6.45, 7) is 7.03. The van der Waals surface area contributed by atoms with Crippen LogP contribution in [0.5, 0.6) is 0 Å². The van der Waals surface area contributed by atoms with Crippen molar-refractivity contribution in [3.05, 3.63) is 0 Å². The third kappa shape index (κ3) is 18.3. The molecule has 0 radical (unpaired) electrons. The fourth-order valence-corrected chi connectivity index (χ4v) is 4.50. The van der Waals surface area contributed by atoms with Gasteiger partial charge in [-0.05, 0) is 0 Å². The molecule has 0 aromatic rings. The van der Waals surface area contributed by atoms with Gasteiger partial charge in [-0.15, -0.1) is 17.4 Å². The van der Waals surface area contributed by atoms with E-state index in [1.165, 1.54) is 0 Å². The molecule has 66 valence electrons. The molecule has 2 heteroatoms. The van der Waals surface area contributed by atoms with Crippen LogP contribution in [0.4, 0.5) is 0 Å². The molecule has 0 fully saturated rings. The van der Waals surface area contributed by atoms with E-state index in [4.69, 9.17) is 0 Å². The van der Waals surface area contributed by atoms with Gasteiger partial charge < -0.3 is 0 Å². The molecule has 0 aliphatic rings. The van der Waals surface area contributed by atoms with Crippen molar-refractivity contribution in [3.63, 3.8) is 0 Å². The molecule has 0 N–H and O–H groups in total. The first-order valence-electron chi connectivity index (χ1n) is 5.08. The number of rotatable bonds is 3. The molecular formula is C9H24AlGa. The molecule has 0 aromatic heterocycles. The van der Waals surface area contributed by atoms with Crippen molar-refractivity contribution in [2.45, 2.75) is 53.1 Å². The molecule has 0 rings (SSSR count). The minimum absolute atomic E-state index is 0.139. The van der Waals surface area contributed by atoms with E-state index in [2.05, 4.69) is 38.1 Å². The first-order chi connectivity index (χ1) is 5.08. The Labute approximate surface area is 83.2 Å². The van der Waals surface area contributed by atoms with Crippen LogP contribution in [0.2, 0.25) is 32.3 Å². The van der Waals surface area contributed by atoms with Gasteiger partial charge in [-0.3, -0.25) is 0 Å². The third-order valence-electron chi connectivity index (χ3n) is 1.73. The maximum absolute atomic E-state index is 2.34. The molecule has 0 nitrogen and oxygen atoms in total. The quantitative estimate of drug-likeness (QED) is 0.643. The summed E-state index contributed by atoms with van der Waals surface area (Å²) >= 11 is -0.715. The molecule has 0 saturated carbocycles. The Morgan fingerprint density at radius 2 is 1.00 bits per heavy atom. The predicted octanol–water partition coefficient (Wildman–Crippen LogP) is 3.91. The molecule has 0 heterocycles. The molecule has 0 unspecified atom stereocenters. The molecule has 0 bridgehead atoms. The Morgan fingerprint density at radius 3 is 1.00 bits per heavy atom. The van der Waals surface area contributed by atoms with Crippen LogP contribution in [0.15, 0.2) is 0 Å². The molecule has 0 saturated heterocycles. The Hall–Kier alpha value is 1.17. The van der Waals surface area contributed by atoms with Crippen LogP contribution in [-0.4, -0.2) is 30.4 Å². The van der Waals surface area contributed by atoms with Crippen LogP contribution in [-0.2, 0) is 0 Å². The van der Waals surface area contributed by atoms with E-state index < -0.39 is 16.2 Å². The van der Waals surface area contributed by atoms with Gasteiger partial charge in [0.25, 0.3) is 14.1 Å². The predicted molar refractivity (Wildman–Crippen MR) is 60.5 cm³/mol. The minimum atomic E-state index is -0.576. The summed E-state index contributed by atoms with van der Waals surface area (Å²) in [5, 5.41) is 0. The Morgan fingerprint density at radius 1 is 0.818 bits per heavy atom. The zero-order valence-electron chi connectivity index (χ0n) is 9.28. The van der Waals surface area contributed by atoms with Gasteiger partial charge in [0.15, 0.2) is 0 Å². The molecule has 0 aliphatic heterocycles. The van der Waals surface area contributed by atoms with Crippen LogP contribution >= 0.6 is 0 Å². The summed E-state index contributed by atoms with van der Waals surface area (Å²) < 4.78 is 0. The van der Waals surface area contributed by atoms with Gasteiger partial charge in [0, 0.05) is 0 Å². The summed E-state index contributed by atoms with van der Waals surface area (Å²) in [4.78, 5) is 4.62. The van der Waals surface area contributed by atoms with E-state index >= 15 is 0 Å². The van der Waals surface area contributed by atoms with Crippen molar-refractivity contribution in [1.82, 2.24) is 0 Å². The zero-order chi connectivity index (χ0) is 9.28. The average molecular weight is 229 g/mol. The van der Waals surface area contributed by atoms with E-state index in [1.807, 2.05) is 0 Å². The summed E-state index contributed by atoms with van der Waals surface area (Å²) in [5.74, 6) is 6.92. The van der Waals surface area contributed by atoms with Gasteiger partial charge in [-0.25, -0.2) is 0 Å². The summed E-state index contributed by atoms with van der Waals surface area (Å²) in [5.41, 5.74) is 0. The van der Waals surface area contributed by atoms with E-state index in [0.717, 1.165) is 0 Å². The maximum Gasteiger partial charge on any atom is 0.251 e. The summed E-state index contributed by atoms with van der Waals surface area (Å²) in [6, 6.07) is 0. The van der Waals surface area contributed by atoms with Crippen molar-refractivity contribution in [3.8, 4) is 0 Å². The molecule has 11 heavy (non-hydrogen) atoms. The molecule has 0 spiro atoms. The Balaban J connectivity index is 0. The number of hydrogen-bond donors (Lipinski definition) is 0. The van der Waals surface area contributed by atoms with Crippen molar-refractivity contribution >= 4 is 30.4 Å². The van der Waals surface area contributed by atoms with E-state index in [1.54, 1.807) is 14.9 Å². The second-order valence-electron chi connectivity index (χ2n) is 3.82. The average Bonchev–Trinajstić information content (AvgIpc) is 1.90. The topological polar surface area (TPSA) is 0 Å². The van der Waals surface area contributed by atoms with Crippen molar-refractivity contribution in [2.24, 2.45) is 0 Å². The largest absolute Gasteiger partial charge is 0.251 e. The van der Waals surface area contributed by atoms with E-state index in [0.29, 0.717) is 0 Å². The van der Waals surface area contributed by atoms with Crippen molar-refractivity contribution in [1.29, 1.82) is 0 Å². The maximum atomic E-state index is 2.34. The van der Waals surface area contributed by atoms with E-state index in [-0.39, 0.29) is 14.1 Å². The first-order valence-corrected chi connectivity index (χ1v) is 13.7. The Kier molecular flexibility index (Phi) is 14.9. The minimum Gasteiger partial charge on any atom is -0.106 e. The molecule has 0 amide bonds. The van der Waals surface area contributed by atoms with Crippen LogP contribution in [0, 0.1) is 0 Å². The summed E-state index contributed by atoms with van der Waals surface area (Å²) in [7, 11) is 0. The standard InChI is InChI=1S/3C2H5.3CH3.Al.Ga/c3*1-2;;;;;/h3*1H2,2H3;3*1H3;;. The van der Waals surface area contributed by atoms with Crippen LogP contribution in [0.25, 0.3) is 0 Å². The third-order valence-corrected chi connectivity index (χ3v) is 9.00. The normalized spacial score (nSPS) is 8.18. The Bertz CT molecular complexity index is 52.3. The van der Waals surface area contributed by atoms with Gasteiger partial charge in [0.1, 0.15) is 0 Å². The van der Waals surface area contributed by atoms with Crippen LogP contribution in [0.3, 0.4) is 0 Å². The molecule has 0 aromatic carbocycles. The zero-order valence-corrected chi connectivity index (χ0v) is 12.9. The number of hydrogen-bond acceptors (Lipinski definition) is 0. The molecule has 0 atom stereocenters. The fraction of sp³-hybridized carbons (Fsp3) is 1.00. The first kappa shape index (κ1) is 14.7. The monoisotopic (exact) mass is 228 g/mol. The van der Waals surface area contributed by atoms with Crippen LogP contribution in [0.1, 0.15) is 20.8 Å².